The van der Waals surface area contributed by atoms with Gasteiger partial charge in [0.25, 0.3) is 5.91 Å². The van der Waals surface area contributed by atoms with Crippen molar-refractivity contribution in [1.29, 1.82) is 0 Å². The van der Waals surface area contributed by atoms with Crippen molar-refractivity contribution in [2.24, 2.45) is 0 Å². The first-order chi connectivity index (χ1) is 7.16. The molecule has 1 aromatic heterocycles. The van der Waals surface area contributed by atoms with Gasteiger partial charge in [0.15, 0.2) is 0 Å². The van der Waals surface area contributed by atoms with E-state index in [0.717, 1.165) is 31.1 Å². The molecule has 0 unspecified atom stereocenters. The summed E-state index contributed by atoms with van der Waals surface area (Å²) in [5, 5.41) is 0. The van der Waals surface area contributed by atoms with Crippen molar-refractivity contribution < 1.29 is 4.79 Å². The van der Waals surface area contributed by atoms with Crippen LogP contribution >= 0.6 is 11.3 Å². The number of rotatable bonds is 1. The monoisotopic (exact) mass is 224 g/mol. The average Bonchev–Trinajstić information content (AvgIpc) is 2.65. The van der Waals surface area contributed by atoms with E-state index in [1.165, 1.54) is 4.88 Å². The molecule has 1 aromatic rings. The Morgan fingerprint density at radius 1 is 1.27 bits per heavy atom. The van der Waals surface area contributed by atoms with Gasteiger partial charge in [-0.2, -0.15) is 0 Å². The maximum absolute atomic E-state index is 12.0. The minimum atomic E-state index is 0.196. The summed E-state index contributed by atoms with van der Waals surface area (Å²) < 4.78 is 0. The molecule has 1 saturated heterocycles. The van der Waals surface area contributed by atoms with Gasteiger partial charge in [-0.3, -0.25) is 4.79 Å². The summed E-state index contributed by atoms with van der Waals surface area (Å²) >= 11 is 1.59. The van der Waals surface area contributed by atoms with E-state index in [1.54, 1.807) is 11.3 Å². The highest BCUT2D eigenvalue weighted by Gasteiger charge is 2.20. The van der Waals surface area contributed by atoms with Crippen LogP contribution in [0.3, 0.4) is 0 Å². The Morgan fingerprint density at radius 3 is 2.47 bits per heavy atom. The van der Waals surface area contributed by atoms with Crippen LogP contribution in [0, 0.1) is 6.92 Å². The first kappa shape index (κ1) is 10.6. The number of carbonyl (C=O) groups is 1. The van der Waals surface area contributed by atoms with Crippen LogP contribution in [0.5, 0.6) is 0 Å². The van der Waals surface area contributed by atoms with E-state index in [9.17, 15) is 4.79 Å². The topological polar surface area (TPSA) is 23.6 Å². The highest BCUT2D eigenvalue weighted by atomic mass is 32.1. The van der Waals surface area contributed by atoms with Gasteiger partial charge in [-0.15, -0.1) is 11.3 Å². The predicted molar refractivity (Wildman–Crippen MR) is 62.5 cm³/mol. The summed E-state index contributed by atoms with van der Waals surface area (Å²) in [7, 11) is 2.09. The lowest BCUT2D eigenvalue weighted by Gasteiger charge is -2.32. The first-order valence-corrected chi connectivity index (χ1v) is 6.03. The summed E-state index contributed by atoms with van der Waals surface area (Å²) in [6, 6.07) is 3.94. The molecule has 0 aromatic carbocycles. The van der Waals surface area contributed by atoms with E-state index < -0.39 is 0 Å². The molecule has 0 atom stereocenters. The fraction of sp³-hybridized carbons (Fsp3) is 0.545. The highest BCUT2D eigenvalue weighted by molar-refractivity contribution is 7.13. The van der Waals surface area contributed by atoms with Crippen molar-refractivity contribution in [2.45, 2.75) is 6.92 Å². The Balaban J connectivity index is 2.02. The van der Waals surface area contributed by atoms with Crippen molar-refractivity contribution in [1.82, 2.24) is 9.80 Å². The first-order valence-electron chi connectivity index (χ1n) is 5.21. The molecule has 4 heteroatoms. The summed E-state index contributed by atoms with van der Waals surface area (Å²) in [5.41, 5.74) is 0. The highest BCUT2D eigenvalue weighted by Crippen LogP contribution is 2.17. The van der Waals surface area contributed by atoms with Crippen LogP contribution in [0.2, 0.25) is 0 Å². The summed E-state index contributed by atoms with van der Waals surface area (Å²) in [6.45, 7) is 5.70. The van der Waals surface area contributed by atoms with Crippen molar-refractivity contribution in [3.05, 3.63) is 21.9 Å². The smallest absolute Gasteiger partial charge is 0.264 e. The lowest BCUT2D eigenvalue weighted by molar-refractivity contribution is 0.0669. The van der Waals surface area contributed by atoms with Gasteiger partial charge in [0, 0.05) is 31.1 Å². The lowest BCUT2D eigenvalue weighted by atomic mass is 10.3. The molecule has 15 heavy (non-hydrogen) atoms. The van der Waals surface area contributed by atoms with Gasteiger partial charge in [0.1, 0.15) is 0 Å². The molecule has 1 aliphatic heterocycles. The Bertz CT molecular complexity index is 353. The molecular formula is C11H16N2OS. The number of aryl methyl sites for hydroxylation is 1. The van der Waals surface area contributed by atoms with Crippen LogP contribution in [-0.4, -0.2) is 48.9 Å². The zero-order valence-corrected chi connectivity index (χ0v) is 10.0. The van der Waals surface area contributed by atoms with E-state index in [0.29, 0.717) is 0 Å². The van der Waals surface area contributed by atoms with Gasteiger partial charge < -0.3 is 9.80 Å². The van der Waals surface area contributed by atoms with E-state index in [2.05, 4.69) is 11.9 Å². The second kappa shape index (κ2) is 4.33. The second-order valence-corrected chi connectivity index (χ2v) is 5.29. The summed E-state index contributed by atoms with van der Waals surface area (Å²) in [4.78, 5) is 18.3. The molecule has 2 rings (SSSR count). The van der Waals surface area contributed by atoms with E-state index in [1.807, 2.05) is 24.0 Å². The number of carbonyl (C=O) groups excluding carboxylic acids is 1. The lowest BCUT2D eigenvalue weighted by Crippen LogP contribution is -2.46. The SMILES string of the molecule is Cc1ccc(C(=O)N2CCN(C)CC2)s1. The zero-order valence-electron chi connectivity index (χ0n) is 9.19. The van der Waals surface area contributed by atoms with Gasteiger partial charge in [-0.05, 0) is 26.1 Å². The fourth-order valence-corrected chi connectivity index (χ4v) is 2.55. The quantitative estimate of drug-likeness (QED) is 0.721. The normalized spacial score (nSPS) is 18.1. The molecule has 1 aliphatic rings. The number of likely N-dealkylation sites (N-methyl/N-ethyl adjacent to an activating group) is 1. The molecular weight excluding hydrogens is 208 g/mol. The van der Waals surface area contributed by atoms with Gasteiger partial charge in [-0.25, -0.2) is 0 Å². The molecule has 3 nitrogen and oxygen atoms in total. The molecule has 1 amide bonds. The Hall–Kier alpha value is -0.870. The Kier molecular flexibility index (Phi) is 3.07. The number of amides is 1. The number of nitrogens with zero attached hydrogens (tertiary/aromatic N) is 2. The van der Waals surface area contributed by atoms with Gasteiger partial charge in [-0.1, -0.05) is 0 Å². The molecule has 82 valence electrons. The third kappa shape index (κ3) is 2.38. The Labute approximate surface area is 94.3 Å². The van der Waals surface area contributed by atoms with Gasteiger partial charge >= 0.3 is 0 Å². The third-order valence-corrected chi connectivity index (χ3v) is 3.73. The molecule has 0 radical (unpaired) electrons. The van der Waals surface area contributed by atoms with E-state index in [4.69, 9.17) is 0 Å². The van der Waals surface area contributed by atoms with Crippen LogP contribution < -0.4 is 0 Å². The fourth-order valence-electron chi connectivity index (χ4n) is 1.71. The molecule has 2 heterocycles. The molecule has 0 N–H and O–H groups in total. The maximum Gasteiger partial charge on any atom is 0.264 e. The van der Waals surface area contributed by atoms with Crippen molar-refractivity contribution >= 4 is 17.2 Å². The zero-order chi connectivity index (χ0) is 10.8. The summed E-state index contributed by atoms with van der Waals surface area (Å²) in [5.74, 6) is 0.196. The Morgan fingerprint density at radius 2 is 1.93 bits per heavy atom. The average molecular weight is 224 g/mol. The number of hydrogen-bond acceptors (Lipinski definition) is 3. The predicted octanol–water partition coefficient (Wildman–Crippen LogP) is 1.44. The van der Waals surface area contributed by atoms with Crippen LogP contribution in [0.1, 0.15) is 14.5 Å². The molecule has 0 saturated carbocycles. The number of hydrogen-bond donors (Lipinski definition) is 0. The molecule has 1 fully saturated rings. The molecule has 0 bridgehead atoms. The standard InChI is InChI=1S/C11H16N2OS/c1-9-3-4-10(15-9)11(14)13-7-5-12(2)6-8-13/h3-4H,5-8H2,1-2H3. The van der Waals surface area contributed by atoms with Crippen LogP contribution in [0.25, 0.3) is 0 Å². The van der Waals surface area contributed by atoms with Crippen LogP contribution in [0.15, 0.2) is 12.1 Å². The largest absolute Gasteiger partial charge is 0.335 e. The number of thiophene rings is 1. The minimum absolute atomic E-state index is 0.196. The second-order valence-electron chi connectivity index (χ2n) is 4.01. The van der Waals surface area contributed by atoms with Crippen molar-refractivity contribution in [3.8, 4) is 0 Å². The van der Waals surface area contributed by atoms with Crippen LogP contribution in [0.4, 0.5) is 0 Å². The van der Waals surface area contributed by atoms with Gasteiger partial charge in [0.2, 0.25) is 0 Å². The van der Waals surface area contributed by atoms with Gasteiger partial charge in [0.05, 0.1) is 4.88 Å². The summed E-state index contributed by atoms with van der Waals surface area (Å²) in [6.07, 6.45) is 0. The third-order valence-electron chi connectivity index (χ3n) is 2.74. The van der Waals surface area contributed by atoms with Crippen LogP contribution in [-0.2, 0) is 0 Å². The van der Waals surface area contributed by atoms with Crippen molar-refractivity contribution in [3.63, 3.8) is 0 Å². The van der Waals surface area contributed by atoms with E-state index >= 15 is 0 Å². The minimum Gasteiger partial charge on any atom is -0.335 e. The number of piperazine rings is 1. The van der Waals surface area contributed by atoms with Crippen molar-refractivity contribution in [2.75, 3.05) is 33.2 Å². The molecule has 0 spiro atoms. The maximum atomic E-state index is 12.0. The molecule has 0 aliphatic carbocycles. The van der Waals surface area contributed by atoms with E-state index in [-0.39, 0.29) is 5.91 Å².